The molecule has 2 aromatic heterocycles. The van der Waals surface area contributed by atoms with E-state index in [1.807, 2.05) is 12.1 Å². The quantitative estimate of drug-likeness (QED) is 0.906. The van der Waals surface area contributed by atoms with Crippen LogP contribution in [0, 0.1) is 6.92 Å². The van der Waals surface area contributed by atoms with Gasteiger partial charge >= 0.3 is 0 Å². The van der Waals surface area contributed by atoms with Crippen LogP contribution in [0.2, 0.25) is 5.15 Å². The Balaban J connectivity index is 1.67. The van der Waals surface area contributed by atoms with E-state index in [0.29, 0.717) is 36.2 Å². The molecule has 0 aliphatic carbocycles. The first kappa shape index (κ1) is 16.7. The first-order valence-corrected chi connectivity index (χ1v) is 8.19. The standard InChI is InChI=1S/C16H20ClN5O2/c1-11-14(15(17)21(2)20-11)16(23)19-10-12-3-4-18-13(9-12)22-5-7-24-8-6-22/h3-4,9H,5-8,10H2,1-2H3,(H,19,23). The molecule has 0 saturated carbocycles. The molecule has 0 aromatic carbocycles. The molecular formula is C16H20ClN5O2. The maximum Gasteiger partial charge on any atom is 0.256 e. The molecule has 2 aromatic rings. The molecule has 0 atom stereocenters. The van der Waals surface area contributed by atoms with Crippen LogP contribution in [0.25, 0.3) is 0 Å². The number of halogens is 1. The maximum absolute atomic E-state index is 12.4. The van der Waals surface area contributed by atoms with Crippen molar-refractivity contribution in [3.8, 4) is 0 Å². The first-order valence-electron chi connectivity index (χ1n) is 7.81. The Labute approximate surface area is 145 Å². The lowest BCUT2D eigenvalue weighted by Crippen LogP contribution is -2.36. The smallest absolute Gasteiger partial charge is 0.256 e. The fourth-order valence-electron chi connectivity index (χ4n) is 2.69. The van der Waals surface area contributed by atoms with E-state index in [1.54, 1.807) is 20.2 Å². The Morgan fingerprint density at radius 1 is 1.42 bits per heavy atom. The SMILES string of the molecule is Cc1nn(C)c(Cl)c1C(=O)NCc1ccnc(N2CCOCC2)c1. The number of rotatable bonds is 4. The molecule has 24 heavy (non-hydrogen) atoms. The van der Waals surface area contributed by atoms with Gasteiger partial charge in [0.25, 0.3) is 5.91 Å². The van der Waals surface area contributed by atoms with Crippen molar-refractivity contribution >= 4 is 23.3 Å². The van der Waals surface area contributed by atoms with E-state index < -0.39 is 0 Å². The molecule has 128 valence electrons. The number of nitrogens with one attached hydrogen (secondary N) is 1. The van der Waals surface area contributed by atoms with Gasteiger partial charge < -0.3 is 15.0 Å². The third-order valence-electron chi connectivity index (χ3n) is 3.98. The number of ether oxygens (including phenoxy) is 1. The van der Waals surface area contributed by atoms with Crippen LogP contribution in [0.3, 0.4) is 0 Å². The van der Waals surface area contributed by atoms with Gasteiger partial charge in [-0.1, -0.05) is 11.6 Å². The molecular weight excluding hydrogens is 330 g/mol. The number of pyridine rings is 1. The molecule has 1 saturated heterocycles. The third-order valence-corrected chi connectivity index (χ3v) is 4.41. The van der Waals surface area contributed by atoms with Gasteiger partial charge in [-0.2, -0.15) is 5.10 Å². The van der Waals surface area contributed by atoms with Gasteiger partial charge in [0.15, 0.2) is 0 Å². The fraction of sp³-hybridized carbons (Fsp3) is 0.438. The number of aryl methyl sites for hydroxylation is 2. The van der Waals surface area contributed by atoms with Crippen molar-refractivity contribution in [2.24, 2.45) is 7.05 Å². The molecule has 0 unspecified atom stereocenters. The minimum absolute atomic E-state index is 0.227. The lowest BCUT2D eigenvalue weighted by atomic mass is 10.2. The molecule has 1 aliphatic heterocycles. The van der Waals surface area contributed by atoms with Crippen molar-refractivity contribution < 1.29 is 9.53 Å². The van der Waals surface area contributed by atoms with Crippen LogP contribution in [0.4, 0.5) is 5.82 Å². The highest BCUT2D eigenvalue weighted by Gasteiger charge is 2.19. The molecule has 7 nitrogen and oxygen atoms in total. The van der Waals surface area contributed by atoms with Gasteiger partial charge in [0.2, 0.25) is 0 Å². The zero-order valence-corrected chi connectivity index (χ0v) is 14.5. The summed E-state index contributed by atoms with van der Waals surface area (Å²) in [6.45, 7) is 5.25. The summed E-state index contributed by atoms with van der Waals surface area (Å²) >= 11 is 6.13. The summed E-state index contributed by atoms with van der Waals surface area (Å²) in [7, 11) is 1.71. The number of carbonyl (C=O) groups is 1. The molecule has 3 rings (SSSR count). The lowest BCUT2D eigenvalue weighted by molar-refractivity contribution is 0.0950. The Hall–Kier alpha value is -2.12. The zero-order valence-electron chi connectivity index (χ0n) is 13.8. The second kappa shape index (κ2) is 7.19. The van der Waals surface area contributed by atoms with Crippen LogP contribution in [0.15, 0.2) is 18.3 Å². The van der Waals surface area contributed by atoms with Crippen molar-refractivity contribution in [1.29, 1.82) is 0 Å². The van der Waals surface area contributed by atoms with Crippen LogP contribution in [-0.2, 0) is 18.3 Å². The number of morpholine rings is 1. The average Bonchev–Trinajstić information content (AvgIpc) is 2.86. The fourth-order valence-corrected chi connectivity index (χ4v) is 2.95. The molecule has 0 radical (unpaired) electrons. The summed E-state index contributed by atoms with van der Waals surface area (Å²) in [5, 5.41) is 7.39. The number of carbonyl (C=O) groups excluding carboxylic acids is 1. The Morgan fingerprint density at radius 2 is 2.17 bits per heavy atom. The monoisotopic (exact) mass is 349 g/mol. The molecule has 1 fully saturated rings. The van der Waals surface area contributed by atoms with E-state index in [-0.39, 0.29) is 5.91 Å². The molecule has 1 amide bonds. The maximum atomic E-state index is 12.4. The van der Waals surface area contributed by atoms with Crippen LogP contribution in [0.1, 0.15) is 21.6 Å². The number of anilines is 1. The molecule has 0 bridgehead atoms. The highest BCUT2D eigenvalue weighted by Crippen LogP contribution is 2.19. The molecule has 0 spiro atoms. The average molecular weight is 350 g/mol. The highest BCUT2D eigenvalue weighted by atomic mass is 35.5. The van der Waals surface area contributed by atoms with E-state index in [0.717, 1.165) is 24.5 Å². The van der Waals surface area contributed by atoms with Gasteiger partial charge in [0.05, 0.1) is 24.5 Å². The largest absolute Gasteiger partial charge is 0.378 e. The second-order valence-corrected chi connectivity index (χ2v) is 6.04. The number of nitrogens with zero attached hydrogens (tertiary/aromatic N) is 4. The summed E-state index contributed by atoms with van der Waals surface area (Å²) in [6, 6.07) is 3.88. The van der Waals surface area contributed by atoms with Crippen molar-refractivity contribution in [2.75, 3.05) is 31.2 Å². The van der Waals surface area contributed by atoms with Gasteiger partial charge in [-0.05, 0) is 24.6 Å². The van der Waals surface area contributed by atoms with E-state index in [2.05, 4.69) is 20.3 Å². The Kier molecular flexibility index (Phi) is 5.01. The molecule has 1 aliphatic rings. The van der Waals surface area contributed by atoms with Gasteiger partial charge in [-0.3, -0.25) is 9.48 Å². The van der Waals surface area contributed by atoms with Gasteiger partial charge in [0.1, 0.15) is 11.0 Å². The summed E-state index contributed by atoms with van der Waals surface area (Å²) in [6.07, 6.45) is 1.76. The molecule has 1 N–H and O–H groups in total. The topological polar surface area (TPSA) is 72.3 Å². The second-order valence-electron chi connectivity index (χ2n) is 5.68. The molecule has 8 heteroatoms. The van der Waals surface area contributed by atoms with Crippen LogP contribution in [-0.4, -0.2) is 47.0 Å². The normalized spacial score (nSPS) is 14.7. The van der Waals surface area contributed by atoms with E-state index >= 15 is 0 Å². The van der Waals surface area contributed by atoms with Gasteiger partial charge in [0, 0.05) is 32.9 Å². The third kappa shape index (κ3) is 3.52. The minimum Gasteiger partial charge on any atom is -0.378 e. The van der Waals surface area contributed by atoms with Gasteiger partial charge in [-0.15, -0.1) is 0 Å². The van der Waals surface area contributed by atoms with E-state index in [4.69, 9.17) is 16.3 Å². The summed E-state index contributed by atoms with van der Waals surface area (Å²) in [4.78, 5) is 18.9. The highest BCUT2D eigenvalue weighted by molar-refractivity contribution is 6.33. The van der Waals surface area contributed by atoms with Crippen molar-refractivity contribution in [1.82, 2.24) is 20.1 Å². The summed E-state index contributed by atoms with van der Waals surface area (Å²) < 4.78 is 6.85. The predicted molar refractivity (Wildman–Crippen MR) is 91.4 cm³/mol. The lowest BCUT2D eigenvalue weighted by Gasteiger charge is -2.28. The number of hydrogen-bond acceptors (Lipinski definition) is 5. The van der Waals surface area contributed by atoms with Gasteiger partial charge in [-0.25, -0.2) is 4.98 Å². The Morgan fingerprint density at radius 3 is 2.83 bits per heavy atom. The van der Waals surface area contributed by atoms with Crippen LogP contribution >= 0.6 is 11.6 Å². The van der Waals surface area contributed by atoms with Crippen LogP contribution < -0.4 is 10.2 Å². The van der Waals surface area contributed by atoms with Crippen molar-refractivity contribution in [3.05, 3.63) is 40.3 Å². The van der Waals surface area contributed by atoms with Crippen molar-refractivity contribution in [2.45, 2.75) is 13.5 Å². The number of hydrogen-bond donors (Lipinski definition) is 1. The number of aromatic nitrogens is 3. The van der Waals surface area contributed by atoms with Crippen LogP contribution in [0.5, 0.6) is 0 Å². The minimum atomic E-state index is -0.227. The van der Waals surface area contributed by atoms with Crippen molar-refractivity contribution in [3.63, 3.8) is 0 Å². The number of amides is 1. The van der Waals surface area contributed by atoms with E-state index in [1.165, 1.54) is 4.68 Å². The summed E-state index contributed by atoms with van der Waals surface area (Å²) in [5.41, 5.74) is 2.02. The summed E-state index contributed by atoms with van der Waals surface area (Å²) in [5.74, 6) is 0.677. The molecule has 3 heterocycles. The predicted octanol–water partition coefficient (Wildman–Crippen LogP) is 1.54. The Bertz CT molecular complexity index is 740. The van der Waals surface area contributed by atoms with E-state index in [9.17, 15) is 4.79 Å². The first-order chi connectivity index (χ1) is 11.6. The zero-order chi connectivity index (χ0) is 17.1.